The average molecular weight is 399 g/mol. The smallest absolute Gasteiger partial charge is 0.339 e. The van der Waals surface area contributed by atoms with Gasteiger partial charge in [-0.3, -0.25) is 4.79 Å². The second kappa shape index (κ2) is 10.5. The molecule has 29 heavy (non-hydrogen) atoms. The maximum Gasteiger partial charge on any atom is 0.339 e. The number of carbonyl (C=O) groups excluding carboxylic acids is 3. The Morgan fingerprint density at radius 1 is 1.00 bits per heavy atom. The lowest BCUT2D eigenvalue weighted by atomic mass is 10.1. The first-order valence-electron chi connectivity index (χ1n) is 8.52. The predicted molar refractivity (Wildman–Crippen MR) is 106 cm³/mol. The number of nitrogens with one attached hydrogen (secondary N) is 1. The molecule has 0 aliphatic heterocycles. The van der Waals surface area contributed by atoms with Crippen LogP contribution in [-0.2, 0) is 19.1 Å². The molecule has 1 amide bonds. The van der Waals surface area contributed by atoms with Crippen LogP contribution in [-0.4, -0.2) is 45.8 Å². The van der Waals surface area contributed by atoms with Gasteiger partial charge in [-0.05, 0) is 36.4 Å². The minimum absolute atomic E-state index is 0.194. The Bertz CT molecular complexity index is 921. The van der Waals surface area contributed by atoms with Gasteiger partial charge in [-0.25, -0.2) is 9.59 Å². The first-order valence-corrected chi connectivity index (χ1v) is 8.52. The number of hydrogen-bond donors (Lipinski definition) is 1. The number of rotatable bonds is 8. The molecule has 8 nitrogen and oxygen atoms in total. The van der Waals surface area contributed by atoms with Crippen molar-refractivity contribution in [3.05, 3.63) is 59.7 Å². The quantitative estimate of drug-likeness (QED) is 0.538. The van der Waals surface area contributed by atoms with E-state index in [1.54, 1.807) is 36.4 Å². The highest BCUT2D eigenvalue weighted by molar-refractivity contribution is 6.02. The van der Waals surface area contributed by atoms with Crippen molar-refractivity contribution in [3.63, 3.8) is 0 Å². The second-order valence-electron chi connectivity index (χ2n) is 5.63. The van der Waals surface area contributed by atoms with Crippen molar-refractivity contribution < 1.29 is 33.3 Å². The van der Waals surface area contributed by atoms with Crippen molar-refractivity contribution in [1.82, 2.24) is 0 Å². The van der Waals surface area contributed by atoms with Crippen LogP contribution in [0.25, 0.3) is 6.08 Å². The third-order valence-corrected chi connectivity index (χ3v) is 3.79. The summed E-state index contributed by atoms with van der Waals surface area (Å²) in [6, 6.07) is 11.5. The van der Waals surface area contributed by atoms with Gasteiger partial charge in [0, 0.05) is 11.6 Å². The van der Waals surface area contributed by atoms with Crippen molar-refractivity contribution in [2.24, 2.45) is 0 Å². The molecule has 0 aliphatic rings. The Labute approximate surface area is 168 Å². The van der Waals surface area contributed by atoms with E-state index in [-0.39, 0.29) is 11.3 Å². The number of amides is 1. The van der Waals surface area contributed by atoms with Gasteiger partial charge in [0.15, 0.2) is 6.61 Å². The van der Waals surface area contributed by atoms with Crippen LogP contribution < -0.4 is 14.8 Å². The highest BCUT2D eigenvalue weighted by Crippen LogP contribution is 2.25. The van der Waals surface area contributed by atoms with E-state index in [0.29, 0.717) is 17.1 Å². The Kier molecular flexibility index (Phi) is 7.78. The highest BCUT2D eigenvalue weighted by atomic mass is 16.5. The van der Waals surface area contributed by atoms with Gasteiger partial charge in [0.2, 0.25) is 0 Å². The zero-order chi connectivity index (χ0) is 21.2. The normalized spacial score (nSPS) is 10.3. The van der Waals surface area contributed by atoms with Gasteiger partial charge < -0.3 is 24.3 Å². The first-order chi connectivity index (χ1) is 14.0. The van der Waals surface area contributed by atoms with Gasteiger partial charge in [0.25, 0.3) is 5.91 Å². The maximum atomic E-state index is 12.0. The number of esters is 2. The van der Waals surface area contributed by atoms with E-state index in [1.807, 2.05) is 0 Å². The van der Waals surface area contributed by atoms with Crippen molar-refractivity contribution in [2.75, 3.05) is 33.3 Å². The van der Waals surface area contributed by atoms with Crippen LogP contribution in [0.4, 0.5) is 5.69 Å². The van der Waals surface area contributed by atoms with Gasteiger partial charge in [-0.2, -0.15) is 0 Å². The highest BCUT2D eigenvalue weighted by Gasteiger charge is 2.14. The lowest BCUT2D eigenvalue weighted by molar-refractivity contribution is -0.142. The van der Waals surface area contributed by atoms with E-state index in [1.165, 1.54) is 39.5 Å². The largest absolute Gasteiger partial charge is 0.497 e. The Hall–Kier alpha value is -3.81. The average Bonchev–Trinajstić information content (AvgIpc) is 2.75. The molecule has 2 aromatic rings. The summed E-state index contributed by atoms with van der Waals surface area (Å²) < 4.78 is 20.0. The number of carbonyl (C=O) groups is 3. The van der Waals surface area contributed by atoms with Crippen LogP contribution in [0.1, 0.15) is 15.9 Å². The Morgan fingerprint density at radius 2 is 1.76 bits per heavy atom. The maximum absolute atomic E-state index is 12.0. The van der Waals surface area contributed by atoms with Crippen molar-refractivity contribution in [2.45, 2.75) is 0 Å². The zero-order valence-corrected chi connectivity index (χ0v) is 16.3. The molecule has 0 atom stereocenters. The molecule has 0 bridgehead atoms. The van der Waals surface area contributed by atoms with Crippen LogP contribution in [0.5, 0.6) is 11.5 Å². The first kappa shape index (κ1) is 21.5. The summed E-state index contributed by atoms with van der Waals surface area (Å²) in [5, 5.41) is 2.51. The third kappa shape index (κ3) is 6.10. The molecule has 0 heterocycles. The standard InChI is InChI=1S/C21H21NO7/c1-26-15-9-10-18(27-2)14(12-15)8-11-20(24)29-13-19(23)22-17-7-5-4-6-16(17)21(25)28-3/h4-12H,13H2,1-3H3,(H,22,23)/b11-8+. The summed E-state index contributed by atoms with van der Waals surface area (Å²) in [4.78, 5) is 35.7. The van der Waals surface area contributed by atoms with Crippen LogP contribution in [0.2, 0.25) is 0 Å². The molecule has 0 fully saturated rings. The van der Waals surface area contributed by atoms with Gasteiger partial charge in [-0.1, -0.05) is 12.1 Å². The van der Waals surface area contributed by atoms with Crippen LogP contribution >= 0.6 is 0 Å². The van der Waals surface area contributed by atoms with Gasteiger partial charge in [-0.15, -0.1) is 0 Å². The third-order valence-electron chi connectivity index (χ3n) is 3.79. The number of anilines is 1. The van der Waals surface area contributed by atoms with Crippen LogP contribution in [0, 0.1) is 0 Å². The summed E-state index contributed by atoms with van der Waals surface area (Å²) in [6.07, 6.45) is 2.67. The fourth-order valence-electron chi connectivity index (χ4n) is 2.38. The molecule has 0 saturated heterocycles. The molecule has 1 N–H and O–H groups in total. The van der Waals surface area contributed by atoms with E-state index >= 15 is 0 Å². The lowest BCUT2D eigenvalue weighted by Crippen LogP contribution is -2.21. The molecule has 0 unspecified atom stereocenters. The molecule has 2 aromatic carbocycles. The molecular formula is C21H21NO7. The predicted octanol–water partition coefficient (Wildman–Crippen LogP) is 2.69. The van der Waals surface area contributed by atoms with Crippen molar-refractivity contribution in [1.29, 1.82) is 0 Å². The molecule has 0 aliphatic carbocycles. The lowest BCUT2D eigenvalue weighted by Gasteiger charge is -2.09. The van der Waals surface area contributed by atoms with E-state index < -0.39 is 24.5 Å². The number of ether oxygens (including phenoxy) is 4. The fourth-order valence-corrected chi connectivity index (χ4v) is 2.38. The molecule has 152 valence electrons. The minimum atomic E-state index is -0.716. The Morgan fingerprint density at radius 3 is 2.45 bits per heavy atom. The number of benzene rings is 2. The number of methoxy groups -OCH3 is 3. The van der Waals surface area contributed by atoms with E-state index in [9.17, 15) is 14.4 Å². The summed E-state index contributed by atoms with van der Waals surface area (Å²) in [5.41, 5.74) is 1.07. The monoisotopic (exact) mass is 399 g/mol. The summed E-state index contributed by atoms with van der Waals surface area (Å²) >= 11 is 0. The summed E-state index contributed by atoms with van der Waals surface area (Å²) in [7, 11) is 4.28. The van der Waals surface area contributed by atoms with Crippen LogP contribution in [0.3, 0.4) is 0 Å². The van der Waals surface area contributed by atoms with Crippen molar-refractivity contribution in [3.8, 4) is 11.5 Å². The van der Waals surface area contributed by atoms with Crippen molar-refractivity contribution >= 4 is 29.6 Å². The van der Waals surface area contributed by atoms with E-state index in [2.05, 4.69) is 10.1 Å². The van der Waals surface area contributed by atoms with E-state index in [0.717, 1.165) is 0 Å². The molecule has 0 radical (unpaired) electrons. The number of para-hydroxylation sites is 1. The van der Waals surface area contributed by atoms with Gasteiger partial charge >= 0.3 is 11.9 Å². The topological polar surface area (TPSA) is 100 Å². The molecule has 2 rings (SSSR count). The number of hydrogen-bond acceptors (Lipinski definition) is 7. The zero-order valence-electron chi connectivity index (χ0n) is 16.3. The van der Waals surface area contributed by atoms with E-state index in [4.69, 9.17) is 14.2 Å². The van der Waals surface area contributed by atoms with Crippen LogP contribution in [0.15, 0.2) is 48.5 Å². The minimum Gasteiger partial charge on any atom is -0.497 e. The molecule has 0 saturated carbocycles. The molecular weight excluding hydrogens is 378 g/mol. The van der Waals surface area contributed by atoms with Gasteiger partial charge in [0.05, 0.1) is 32.6 Å². The Balaban J connectivity index is 1.95. The fraction of sp³-hybridized carbons (Fsp3) is 0.190. The SMILES string of the molecule is COC(=O)c1ccccc1NC(=O)COC(=O)/C=C/c1cc(OC)ccc1OC. The molecule has 8 heteroatoms. The van der Waals surface area contributed by atoms with Gasteiger partial charge in [0.1, 0.15) is 11.5 Å². The second-order valence-corrected chi connectivity index (χ2v) is 5.63. The molecule has 0 spiro atoms. The molecule has 0 aromatic heterocycles. The summed E-state index contributed by atoms with van der Waals surface area (Å²) in [5.74, 6) is -0.754. The summed E-state index contributed by atoms with van der Waals surface area (Å²) in [6.45, 7) is -0.520.